The second-order valence-electron chi connectivity index (χ2n) is 7.55. The molecule has 33 heavy (non-hydrogen) atoms. The van der Waals surface area contributed by atoms with Crippen LogP contribution in [0.3, 0.4) is 0 Å². The van der Waals surface area contributed by atoms with E-state index in [1.54, 1.807) is 31.5 Å². The van der Waals surface area contributed by atoms with E-state index in [1.807, 2.05) is 36.4 Å². The maximum atomic E-state index is 12.3. The fourth-order valence-electron chi connectivity index (χ4n) is 3.76. The van der Waals surface area contributed by atoms with E-state index in [4.69, 9.17) is 38.3 Å². The third-order valence-corrected chi connectivity index (χ3v) is 6.07. The molecule has 6 nitrogen and oxygen atoms in total. The Morgan fingerprint density at radius 1 is 1.03 bits per heavy atom. The van der Waals surface area contributed by atoms with Gasteiger partial charge in [-0.3, -0.25) is 9.89 Å². The highest BCUT2D eigenvalue weighted by molar-refractivity contribution is 6.34. The van der Waals surface area contributed by atoms with E-state index in [-0.39, 0.29) is 29.4 Å². The average molecular weight is 477 g/mol. The Kier molecular flexibility index (Phi) is 5.40. The molecule has 0 aliphatic rings. The molecule has 0 fully saturated rings. The van der Waals surface area contributed by atoms with Crippen LogP contribution in [-0.2, 0) is 0 Å². The fraction of sp³-hybridized carbons (Fsp3) is 0.0800. The van der Waals surface area contributed by atoms with Gasteiger partial charge in [-0.1, -0.05) is 54.4 Å². The van der Waals surface area contributed by atoms with Crippen LogP contribution < -0.4 is 5.73 Å². The summed E-state index contributed by atoms with van der Waals surface area (Å²) in [6.07, 6.45) is 3.81. The Morgan fingerprint density at radius 3 is 2.45 bits per heavy atom. The topological polar surface area (TPSA) is 97.8 Å². The molecule has 2 aromatic carbocycles. The van der Waals surface area contributed by atoms with E-state index in [0.29, 0.717) is 26.7 Å². The smallest absolute Gasteiger partial charge is 0.229 e. The molecule has 0 spiro atoms. The number of nitrogens with zero attached hydrogens (tertiary/aromatic N) is 2. The number of carbonyl (C=O) groups excluding carboxylic acids is 1. The highest BCUT2D eigenvalue weighted by Crippen LogP contribution is 2.40. The number of H-pyrrole nitrogens is 1. The van der Waals surface area contributed by atoms with Crippen LogP contribution in [0.1, 0.15) is 23.9 Å². The highest BCUT2D eigenvalue weighted by Gasteiger charge is 2.22. The maximum Gasteiger partial charge on any atom is 0.229 e. The van der Waals surface area contributed by atoms with E-state index < -0.39 is 0 Å². The van der Waals surface area contributed by atoms with Gasteiger partial charge in [-0.2, -0.15) is 5.10 Å². The number of anilines is 1. The predicted molar refractivity (Wildman–Crippen MR) is 132 cm³/mol. The molecule has 0 saturated carbocycles. The molecule has 0 unspecified atom stereocenters. The van der Waals surface area contributed by atoms with Crippen molar-refractivity contribution in [2.24, 2.45) is 0 Å². The quantitative estimate of drug-likeness (QED) is 0.265. The van der Waals surface area contributed by atoms with Crippen LogP contribution in [0.2, 0.25) is 10.0 Å². The first kappa shape index (κ1) is 21.2. The Labute approximate surface area is 199 Å². The van der Waals surface area contributed by atoms with Gasteiger partial charge in [0.25, 0.3) is 0 Å². The molecule has 0 aliphatic carbocycles. The van der Waals surface area contributed by atoms with E-state index in [9.17, 15) is 4.79 Å². The zero-order valence-electron chi connectivity index (χ0n) is 17.5. The van der Waals surface area contributed by atoms with Crippen LogP contribution >= 0.6 is 23.2 Å². The average Bonchev–Trinajstić information content (AvgIpc) is 3.47. The molecule has 3 heterocycles. The molecule has 0 radical (unpaired) electrons. The number of fused-ring (bicyclic) bond motifs is 1. The number of hydrogen-bond donors (Lipinski definition) is 2. The first-order chi connectivity index (χ1) is 16.0. The van der Waals surface area contributed by atoms with Crippen molar-refractivity contribution in [2.45, 2.75) is 13.3 Å². The Balaban J connectivity index is 1.75. The van der Waals surface area contributed by atoms with Crippen LogP contribution in [0, 0.1) is 0 Å². The molecular weight excluding hydrogens is 459 g/mol. The molecule has 0 amide bonds. The maximum absolute atomic E-state index is 12.3. The summed E-state index contributed by atoms with van der Waals surface area (Å²) < 4.78 is 5.78. The summed E-state index contributed by atoms with van der Waals surface area (Å²) in [6.45, 7) is 1.76. The van der Waals surface area contributed by atoms with Gasteiger partial charge in [-0.25, -0.2) is 4.98 Å². The van der Waals surface area contributed by atoms with E-state index in [0.717, 1.165) is 22.3 Å². The number of furan rings is 1. The largest absolute Gasteiger partial charge is 0.432 e. The second kappa shape index (κ2) is 8.39. The number of pyridine rings is 1. The number of aromatic amines is 1. The van der Waals surface area contributed by atoms with Gasteiger partial charge in [0.05, 0.1) is 28.0 Å². The van der Waals surface area contributed by atoms with Crippen LogP contribution in [0.15, 0.2) is 65.3 Å². The summed E-state index contributed by atoms with van der Waals surface area (Å²) in [5.41, 5.74) is 11.7. The molecule has 164 valence electrons. The van der Waals surface area contributed by atoms with E-state index in [1.165, 1.54) is 0 Å². The summed E-state index contributed by atoms with van der Waals surface area (Å²) >= 11 is 12.8. The van der Waals surface area contributed by atoms with E-state index in [2.05, 4.69) is 10.2 Å². The van der Waals surface area contributed by atoms with Crippen molar-refractivity contribution in [1.29, 1.82) is 0 Å². The molecule has 3 N–H and O–H groups in total. The third kappa shape index (κ3) is 3.77. The summed E-state index contributed by atoms with van der Waals surface area (Å²) in [5.74, 6) is -0.0526. The number of aromatic nitrogens is 3. The Morgan fingerprint density at radius 2 is 1.79 bits per heavy atom. The fourth-order valence-corrected chi connectivity index (χ4v) is 4.16. The number of nitrogen functional groups attached to an aromatic ring is 1. The number of ketones is 1. The number of hydrogen-bond acceptors (Lipinski definition) is 5. The Bertz CT molecular complexity index is 1490. The Hall–Kier alpha value is -3.61. The molecule has 0 aliphatic heterocycles. The van der Waals surface area contributed by atoms with Crippen molar-refractivity contribution < 1.29 is 9.21 Å². The first-order valence-electron chi connectivity index (χ1n) is 10.3. The summed E-state index contributed by atoms with van der Waals surface area (Å²) in [4.78, 5) is 17.1. The molecule has 0 saturated heterocycles. The minimum absolute atomic E-state index is 0.126. The van der Waals surface area contributed by atoms with Crippen LogP contribution in [0.5, 0.6) is 0 Å². The van der Waals surface area contributed by atoms with E-state index >= 15 is 0 Å². The zero-order chi connectivity index (χ0) is 23.1. The van der Waals surface area contributed by atoms with Crippen LogP contribution in [0.25, 0.3) is 44.6 Å². The molecule has 5 aromatic rings. The lowest BCUT2D eigenvalue weighted by atomic mass is 9.96. The first-order valence-corrected chi connectivity index (χ1v) is 11.0. The highest BCUT2D eigenvalue weighted by atomic mass is 35.5. The molecule has 8 heteroatoms. The summed E-state index contributed by atoms with van der Waals surface area (Å²) in [6, 6.07) is 15.0. The minimum Gasteiger partial charge on any atom is -0.432 e. The lowest BCUT2D eigenvalue weighted by Gasteiger charge is -2.12. The van der Waals surface area contributed by atoms with Crippen LogP contribution in [-0.4, -0.2) is 21.0 Å². The van der Waals surface area contributed by atoms with Crippen molar-refractivity contribution in [1.82, 2.24) is 15.2 Å². The molecule has 3 aromatic heterocycles. The lowest BCUT2D eigenvalue weighted by molar-refractivity contribution is 0.0964. The number of nitrogens with one attached hydrogen (secondary N) is 1. The monoisotopic (exact) mass is 476 g/mol. The molecular formula is C25H18Cl2N4O2. The van der Waals surface area contributed by atoms with Gasteiger partial charge in [0, 0.05) is 34.3 Å². The molecule has 0 bridgehead atoms. The standard InChI is InChI=1S/C25H18Cl2N4O2/c1-2-21(32)24-22(28)19-10-18(13-3-6-16(26)7-4-13)23(31-25(19)33-24)17-8-5-14(9-20(17)27)15-11-29-30-12-15/h3-12H,2,28H2,1H3,(H,29,30). The van der Waals surface area contributed by atoms with Gasteiger partial charge in [0.2, 0.25) is 5.71 Å². The molecule has 0 atom stereocenters. The van der Waals surface area contributed by atoms with Gasteiger partial charge >= 0.3 is 0 Å². The third-order valence-electron chi connectivity index (χ3n) is 5.51. The van der Waals surface area contributed by atoms with Gasteiger partial charge < -0.3 is 10.2 Å². The van der Waals surface area contributed by atoms with Crippen molar-refractivity contribution in [3.8, 4) is 33.5 Å². The van der Waals surface area contributed by atoms with Crippen molar-refractivity contribution in [3.63, 3.8) is 0 Å². The van der Waals surface area contributed by atoms with Gasteiger partial charge in [0.1, 0.15) is 0 Å². The van der Waals surface area contributed by atoms with Gasteiger partial charge in [-0.05, 0) is 35.4 Å². The number of nitrogens with two attached hydrogens (primary N) is 1. The predicted octanol–water partition coefficient (Wildman–Crippen LogP) is 7.03. The van der Waals surface area contributed by atoms with Crippen molar-refractivity contribution in [3.05, 3.63) is 76.7 Å². The lowest BCUT2D eigenvalue weighted by Crippen LogP contribution is -1.98. The summed E-state index contributed by atoms with van der Waals surface area (Å²) in [5, 5.41) is 8.51. The number of rotatable bonds is 5. The van der Waals surface area contributed by atoms with Crippen molar-refractivity contribution in [2.75, 3.05) is 5.73 Å². The normalized spacial score (nSPS) is 11.2. The van der Waals surface area contributed by atoms with Crippen molar-refractivity contribution >= 4 is 45.8 Å². The zero-order valence-corrected chi connectivity index (χ0v) is 19.0. The molecule has 5 rings (SSSR count). The van der Waals surface area contributed by atoms with Gasteiger partial charge in [0.15, 0.2) is 11.5 Å². The van der Waals surface area contributed by atoms with Crippen LogP contribution in [0.4, 0.5) is 5.69 Å². The number of benzene rings is 2. The SMILES string of the molecule is CCC(=O)c1oc2nc(-c3ccc(-c4cn[nH]c4)cc3Cl)c(-c3ccc(Cl)cc3)cc2c1N. The number of carbonyl (C=O) groups is 1. The number of Topliss-reactive ketones (excluding diaryl/α,β-unsaturated/α-hetero) is 1. The number of halogens is 2. The second-order valence-corrected chi connectivity index (χ2v) is 8.39. The van der Waals surface area contributed by atoms with Gasteiger partial charge in [-0.15, -0.1) is 0 Å². The minimum atomic E-state index is -0.178. The summed E-state index contributed by atoms with van der Waals surface area (Å²) in [7, 11) is 0.